The number of thiazole rings is 1. The van der Waals surface area contributed by atoms with Crippen molar-refractivity contribution in [2.24, 2.45) is 0 Å². The first kappa shape index (κ1) is 20.5. The van der Waals surface area contributed by atoms with Gasteiger partial charge in [0.1, 0.15) is 9.88 Å². The SMILES string of the molecule is COc1ccc(-c2noc(COC(=O)c3sc(-c4ccccn4)nc3C)n2)cc1OC. The van der Waals surface area contributed by atoms with Gasteiger partial charge in [-0.2, -0.15) is 4.98 Å². The van der Waals surface area contributed by atoms with Crippen molar-refractivity contribution in [2.45, 2.75) is 13.5 Å². The quantitative estimate of drug-likeness (QED) is 0.396. The number of hydrogen-bond donors (Lipinski definition) is 0. The minimum atomic E-state index is -0.511. The predicted octanol–water partition coefficient (Wildman–Crippen LogP) is 3.94. The van der Waals surface area contributed by atoms with E-state index in [2.05, 4.69) is 20.1 Å². The van der Waals surface area contributed by atoms with Crippen LogP contribution in [0.1, 0.15) is 21.3 Å². The average molecular weight is 438 g/mol. The van der Waals surface area contributed by atoms with E-state index in [-0.39, 0.29) is 12.5 Å². The lowest BCUT2D eigenvalue weighted by Gasteiger charge is -2.07. The van der Waals surface area contributed by atoms with E-state index in [1.165, 1.54) is 11.3 Å². The number of methoxy groups -OCH3 is 2. The average Bonchev–Trinajstić information content (AvgIpc) is 3.44. The zero-order valence-electron chi connectivity index (χ0n) is 17.0. The van der Waals surface area contributed by atoms with E-state index >= 15 is 0 Å². The van der Waals surface area contributed by atoms with Gasteiger partial charge in [-0.1, -0.05) is 11.2 Å². The summed E-state index contributed by atoms with van der Waals surface area (Å²) in [4.78, 5) is 25.9. The third-order valence-corrected chi connectivity index (χ3v) is 5.46. The molecule has 0 bridgehead atoms. The molecule has 4 rings (SSSR count). The van der Waals surface area contributed by atoms with Crippen molar-refractivity contribution in [3.63, 3.8) is 0 Å². The lowest BCUT2D eigenvalue weighted by atomic mass is 10.2. The maximum Gasteiger partial charge on any atom is 0.350 e. The first-order chi connectivity index (χ1) is 15.1. The summed E-state index contributed by atoms with van der Waals surface area (Å²) in [7, 11) is 3.10. The number of carbonyl (C=O) groups is 1. The molecule has 9 nitrogen and oxygen atoms in total. The molecule has 3 heterocycles. The van der Waals surface area contributed by atoms with Crippen molar-refractivity contribution >= 4 is 17.3 Å². The largest absolute Gasteiger partial charge is 0.493 e. The minimum absolute atomic E-state index is 0.157. The van der Waals surface area contributed by atoms with Crippen LogP contribution in [0.5, 0.6) is 11.5 Å². The van der Waals surface area contributed by atoms with Crippen molar-refractivity contribution in [3.8, 4) is 33.6 Å². The summed E-state index contributed by atoms with van der Waals surface area (Å²) in [5, 5.41) is 4.59. The van der Waals surface area contributed by atoms with Crippen LogP contribution in [-0.4, -0.2) is 40.3 Å². The molecule has 0 atom stereocenters. The minimum Gasteiger partial charge on any atom is -0.493 e. The van der Waals surface area contributed by atoms with Gasteiger partial charge in [-0.05, 0) is 37.3 Å². The molecule has 3 aromatic heterocycles. The smallest absolute Gasteiger partial charge is 0.350 e. The molecule has 0 spiro atoms. The van der Waals surface area contributed by atoms with Gasteiger partial charge < -0.3 is 18.7 Å². The van der Waals surface area contributed by atoms with E-state index in [1.807, 2.05) is 18.2 Å². The molecule has 31 heavy (non-hydrogen) atoms. The summed E-state index contributed by atoms with van der Waals surface area (Å²) < 4.78 is 21.1. The lowest BCUT2D eigenvalue weighted by molar-refractivity contribution is 0.0434. The Labute approximate surface area is 181 Å². The van der Waals surface area contributed by atoms with Crippen molar-refractivity contribution in [1.29, 1.82) is 0 Å². The Morgan fingerprint density at radius 3 is 2.68 bits per heavy atom. The molecule has 0 saturated heterocycles. The van der Waals surface area contributed by atoms with E-state index in [1.54, 1.807) is 45.5 Å². The second-order valence-corrected chi connectivity index (χ2v) is 7.31. The maximum atomic E-state index is 12.5. The molecular weight excluding hydrogens is 420 g/mol. The van der Waals surface area contributed by atoms with E-state index in [4.69, 9.17) is 18.7 Å². The number of pyridine rings is 1. The summed E-state index contributed by atoms with van der Waals surface area (Å²) in [6.45, 7) is 1.59. The maximum absolute atomic E-state index is 12.5. The van der Waals surface area contributed by atoms with Gasteiger partial charge in [-0.15, -0.1) is 11.3 Å². The molecule has 0 aliphatic carbocycles. The number of hydrogen-bond acceptors (Lipinski definition) is 10. The van der Waals surface area contributed by atoms with Crippen LogP contribution in [0.4, 0.5) is 0 Å². The van der Waals surface area contributed by atoms with Crippen LogP contribution in [0.15, 0.2) is 47.1 Å². The Morgan fingerprint density at radius 2 is 1.94 bits per heavy atom. The fraction of sp³-hybridized carbons (Fsp3) is 0.190. The summed E-state index contributed by atoms with van der Waals surface area (Å²) in [5.41, 5.74) is 1.95. The second-order valence-electron chi connectivity index (χ2n) is 6.31. The van der Waals surface area contributed by atoms with Gasteiger partial charge in [0.25, 0.3) is 5.89 Å². The first-order valence-electron chi connectivity index (χ1n) is 9.20. The van der Waals surface area contributed by atoms with Gasteiger partial charge in [0.2, 0.25) is 5.82 Å². The highest BCUT2D eigenvalue weighted by molar-refractivity contribution is 7.17. The molecular formula is C21H18N4O5S. The normalized spacial score (nSPS) is 10.7. The van der Waals surface area contributed by atoms with Crippen LogP contribution in [0.3, 0.4) is 0 Å². The van der Waals surface area contributed by atoms with E-state index < -0.39 is 5.97 Å². The number of aromatic nitrogens is 4. The highest BCUT2D eigenvalue weighted by Crippen LogP contribution is 2.31. The summed E-state index contributed by atoms with van der Waals surface area (Å²) in [6.07, 6.45) is 1.68. The number of carbonyl (C=O) groups excluding carboxylic acids is 1. The molecule has 0 aliphatic rings. The molecule has 158 valence electrons. The monoisotopic (exact) mass is 438 g/mol. The molecule has 0 amide bonds. The van der Waals surface area contributed by atoms with Crippen LogP contribution in [-0.2, 0) is 11.3 Å². The van der Waals surface area contributed by atoms with E-state index in [9.17, 15) is 4.79 Å². The number of aryl methyl sites for hydroxylation is 1. The standard InChI is InChI=1S/C21H18N4O5S/c1-12-18(31-20(23-12)14-6-4-5-9-22-14)21(26)29-11-17-24-19(25-30-17)13-7-8-15(27-2)16(10-13)28-3/h4-10H,11H2,1-3H3. The second kappa shape index (κ2) is 8.92. The number of esters is 1. The molecule has 4 aromatic rings. The first-order valence-corrected chi connectivity index (χ1v) is 10.0. The molecule has 10 heteroatoms. The molecule has 0 aliphatic heterocycles. The Bertz CT molecular complexity index is 1210. The fourth-order valence-corrected chi connectivity index (χ4v) is 3.72. The van der Waals surface area contributed by atoms with Gasteiger partial charge in [0.05, 0.1) is 25.6 Å². The number of benzene rings is 1. The zero-order valence-corrected chi connectivity index (χ0v) is 17.8. The number of rotatable bonds is 7. The highest BCUT2D eigenvalue weighted by Gasteiger charge is 2.20. The Morgan fingerprint density at radius 1 is 1.10 bits per heavy atom. The summed E-state index contributed by atoms with van der Waals surface area (Å²) >= 11 is 1.22. The third-order valence-electron chi connectivity index (χ3n) is 4.30. The Hall–Kier alpha value is -3.79. The fourth-order valence-electron chi connectivity index (χ4n) is 2.78. The van der Waals surface area contributed by atoms with Crippen molar-refractivity contribution in [3.05, 3.63) is 59.1 Å². The van der Waals surface area contributed by atoms with E-state index in [0.29, 0.717) is 44.2 Å². The predicted molar refractivity (Wildman–Crippen MR) is 112 cm³/mol. The topological polar surface area (TPSA) is 109 Å². The molecule has 1 aromatic carbocycles. The summed E-state index contributed by atoms with van der Waals surface area (Å²) in [6, 6.07) is 10.8. The number of nitrogens with zero attached hydrogens (tertiary/aromatic N) is 4. The van der Waals surface area contributed by atoms with Gasteiger partial charge >= 0.3 is 5.97 Å². The number of ether oxygens (including phenoxy) is 3. The van der Waals surface area contributed by atoms with Crippen LogP contribution in [0, 0.1) is 6.92 Å². The van der Waals surface area contributed by atoms with Crippen molar-refractivity contribution < 1.29 is 23.5 Å². The van der Waals surface area contributed by atoms with Gasteiger partial charge in [0.15, 0.2) is 18.1 Å². The van der Waals surface area contributed by atoms with Crippen molar-refractivity contribution in [2.75, 3.05) is 14.2 Å². The van der Waals surface area contributed by atoms with Crippen molar-refractivity contribution in [1.82, 2.24) is 20.1 Å². The Kier molecular flexibility index (Phi) is 5.89. The van der Waals surface area contributed by atoms with E-state index in [0.717, 1.165) is 0 Å². The molecule has 0 saturated carbocycles. The lowest BCUT2D eigenvalue weighted by Crippen LogP contribution is -2.05. The zero-order chi connectivity index (χ0) is 21.8. The molecule has 0 unspecified atom stereocenters. The third kappa shape index (κ3) is 4.38. The highest BCUT2D eigenvalue weighted by atomic mass is 32.1. The molecule has 0 N–H and O–H groups in total. The van der Waals surface area contributed by atoms with Crippen LogP contribution in [0.25, 0.3) is 22.1 Å². The Balaban J connectivity index is 1.44. The van der Waals surface area contributed by atoms with Crippen LogP contribution >= 0.6 is 11.3 Å². The molecule has 0 radical (unpaired) electrons. The molecule has 0 fully saturated rings. The van der Waals surface area contributed by atoms with Gasteiger partial charge in [-0.25, -0.2) is 9.78 Å². The van der Waals surface area contributed by atoms with Gasteiger partial charge in [0, 0.05) is 11.8 Å². The van der Waals surface area contributed by atoms with Crippen LogP contribution in [0.2, 0.25) is 0 Å². The van der Waals surface area contributed by atoms with Crippen LogP contribution < -0.4 is 9.47 Å². The summed E-state index contributed by atoms with van der Waals surface area (Å²) in [5.74, 6) is 1.14. The van der Waals surface area contributed by atoms with Gasteiger partial charge in [-0.3, -0.25) is 4.98 Å².